The average molecular weight is 619 g/mol. The summed E-state index contributed by atoms with van der Waals surface area (Å²) < 4.78 is 83.5. The number of pyridine rings is 1. The highest BCUT2D eigenvalue weighted by Gasteiger charge is 2.36. The summed E-state index contributed by atoms with van der Waals surface area (Å²) in [7, 11) is 1.86. The molecule has 0 aliphatic carbocycles. The van der Waals surface area contributed by atoms with Crippen molar-refractivity contribution in [3.63, 3.8) is 0 Å². The number of halogens is 6. The van der Waals surface area contributed by atoms with Crippen LogP contribution in [0.15, 0.2) is 55.2 Å². The monoisotopic (exact) mass is 618 g/mol. The molecule has 0 amide bonds. The fraction of sp³-hybridized carbons (Fsp3) is 0.393. The Morgan fingerprint density at radius 2 is 1.66 bits per heavy atom. The topological polar surface area (TPSA) is 92.3 Å². The van der Waals surface area contributed by atoms with Crippen LogP contribution in [0.5, 0.6) is 0 Å². The highest BCUT2D eigenvalue weighted by molar-refractivity contribution is 5.86. The number of piperazine rings is 1. The number of alkyl halides is 6. The van der Waals surface area contributed by atoms with E-state index in [1.807, 2.05) is 23.4 Å². The Hall–Kier alpha value is -4.31. The van der Waals surface area contributed by atoms with Gasteiger partial charge in [0.25, 0.3) is 5.78 Å². The number of nitrogens with one attached hydrogen (secondary N) is 1. The Balaban J connectivity index is 1.34. The van der Waals surface area contributed by atoms with Gasteiger partial charge in [-0.15, -0.1) is 10.2 Å². The maximum absolute atomic E-state index is 13.3. The van der Waals surface area contributed by atoms with Crippen molar-refractivity contribution in [2.24, 2.45) is 0 Å². The minimum absolute atomic E-state index is 0.168. The summed E-state index contributed by atoms with van der Waals surface area (Å²) in [6.45, 7) is 4.63. The zero-order valence-electron chi connectivity index (χ0n) is 23.7. The van der Waals surface area contributed by atoms with Gasteiger partial charge in [-0.3, -0.25) is 9.88 Å². The van der Waals surface area contributed by atoms with Crippen molar-refractivity contribution in [2.75, 3.05) is 38.1 Å². The highest BCUT2D eigenvalue weighted by atomic mass is 19.4. The van der Waals surface area contributed by atoms with Crippen LogP contribution < -0.4 is 10.2 Å². The molecule has 0 radical (unpaired) electrons. The largest absolute Gasteiger partial charge is 0.417 e. The minimum Gasteiger partial charge on any atom is -0.349 e. The lowest BCUT2D eigenvalue weighted by molar-refractivity contribution is -0.138. The zero-order chi connectivity index (χ0) is 31.2. The Bertz CT molecular complexity index is 1690. The molecule has 4 aromatic heterocycles. The van der Waals surface area contributed by atoms with Crippen LogP contribution in [-0.2, 0) is 18.9 Å². The van der Waals surface area contributed by atoms with Gasteiger partial charge in [-0.05, 0) is 43.8 Å². The third-order valence-electron chi connectivity index (χ3n) is 7.83. The Morgan fingerprint density at radius 3 is 2.30 bits per heavy atom. The molecule has 44 heavy (non-hydrogen) atoms. The summed E-state index contributed by atoms with van der Waals surface area (Å²) in [5.41, 5.74) is 0.519. The van der Waals surface area contributed by atoms with Crippen LogP contribution in [0.4, 0.5) is 32.2 Å². The first kappa shape index (κ1) is 29.7. The smallest absolute Gasteiger partial charge is 0.349 e. The summed E-state index contributed by atoms with van der Waals surface area (Å²) in [4.78, 5) is 17.6. The molecule has 0 saturated carbocycles. The maximum atomic E-state index is 13.3. The van der Waals surface area contributed by atoms with Crippen LogP contribution >= 0.6 is 0 Å². The van der Waals surface area contributed by atoms with E-state index in [4.69, 9.17) is 4.98 Å². The van der Waals surface area contributed by atoms with Gasteiger partial charge in [0.2, 0.25) is 0 Å². The van der Waals surface area contributed by atoms with Gasteiger partial charge in [0, 0.05) is 45.0 Å². The quantitative estimate of drug-likeness (QED) is 0.268. The number of anilines is 1. The van der Waals surface area contributed by atoms with E-state index in [0.717, 1.165) is 30.0 Å². The van der Waals surface area contributed by atoms with Crippen molar-refractivity contribution >= 4 is 22.8 Å². The number of fused-ring (bicyclic) bond motifs is 3. The lowest BCUT2D eigenvalue weighted by Crippen LogP contribution is -2.53. The molecule has 1 fully saturated rings. The van der Waals surface area contributed by atoms with Crippen molar-refractivity contribution in [3.8, 4) is 0 Å². The molecule has 1 aliphatic heterocycles. The molecule has 1 aromatic carbocycles. The number of benzene rings is 1. The molecule has 1 N–H and O–H groups in total. The molecular formula is C28H28F6N10. The first-order valence-electron chi connectivity index (χ1n) is 13.9. The maximum Gasteiger partial charge on any atom is 0.417 e. The predicted molar refractivity (Wildman–Crippen MR) is 149 cm³/mol. The van der Waals surface area contributed by atoms with E-state index in [1.165, 1.54) is 18.2 Å². The summed E-state index contributed by atoms with van der Waals surface area (Å²) in [5.74, 6) is 1.03. The molecular weight excluding hydrogens is 590 g/mol. The van der Waals surface area contributed by atoms with E-state index < -0.39 is 29.5 Å². The molecule has 1 aliphatic rings. The van der Waals surface area contributed by atoms with E-state index in [1.54, 1.807) is 17.1 Å². The lowest BCUT2D eigenvalue weighted by Gasteiger charge is -2.43. The molecule has 232 valence electrons. The van der Waals surface area contributed by atoms with Gasteiger partial charge >= 0.3 is 12.4 Å². The van der Waals surface area contributed by atoms with Gasteiger partial charge in [-0.25, -0.2) is 9.38 Å². The summed E-state index contributed by atoms with van der Waals surface area (Å²) in [5, 5.41) is 11.3. The second-order valence-electron chi connectivity index (χ2n) is 10.7. The van der Waals surface area contributed by atoms with E-state index in [0.29, 0.717) is 61.1 Å². The number of aromatic nitrogens is 7. The normalized spacial score (nSPS) is 17.5. The van der Waals surface area contributed by atoms with E-state index >= 15 is 0 Å². The Labute approximate surface area is 247 Å². The van der Waals surface area contributed by atoms with Crippen molar-refractivity contribution in [1.29, 1.82) is 0 Å². The van der Waals surface area contributed by atoms with Gasteiger partial charge < -0.3 is 14.8 Å². The lowest BCUT2D eigenvalue weighted by atomic mass is 9.97. The van der Waals surface area contributed by atoms with Gasteiger partial charge in [0.05, 0.1) is 29.2 Å². The third kappa shape index (κ3) is 5.54. The fourth-order valence-corrected chi connectivity index (χ4v) is 5.68. The second kappa shape index (κ2) is 11.3. The summed E-state index contributed by atoms with van der Waals surface area (Å²) in [6.07, 6.45) is -5.02. The molecule has 2 unspecified atom stereocenters. The molecule has 0 spiro atoms. The predicted octanol–water partition coefficient (Wildman–Crippen LogP) is 4.43. The number of likely N-dealkylation sites (N-methyl/N-ethyl adjacent to an activating group) is 1. The third-order valence-corrected chi connectivity index (χ3v) is 7.83. The Kier molecular flexibility index (Phi) is 7.65. The van der Waals surface area contributed by atoms with E-state index in [-0.39, 0.29) is 6.04 Å². The second-order valence-corrected chi connectivity index (χ2v) is 10.7. The van der Waals surface area contributed by atoms with Crippen LogP contribution in [0.2, 0.25) is 0 Å². The first-order valence-corrected chi connectivity index (χ1v) is 13.9. The van der Waals surface area contributed by atoms with Crippen molar-refractivity contribution in [3.05, 3.63) is 77.6 Å². The van der Waals surface area contributed by atoms with Crippen LogP contribution in [0.3, 0.4) is 0 Å². The highest BCUT2D eigenvalue weighted by Crippen LogP contribution is 2.36. The van der Waals surface area contributed by atoms with Crippen LogP contribution in [0, 0.1) is 0 Å². The molecule has 2 atom stereocenters. The van der Waals surface area contributed by atoms with Crippen molar-refractivity contribution in [2.45, 2.75) is 37.9 Å². The molecule has 10 nitrogen and oxygen atoms in total. The van der Waals surface area contributed by atoms with Crippen molar-refractivity contribution in [1.82, 2.24) is 44.3 Å². The summed E-state index contributed by atoms with van der Waals surface area (Å²) in [6, 6.07) is 6.03. The first-order chi connectivity index (χ1) is 21.0. The number of hydrogen-bond acceptors (Lipinski definition) is 8. The fourth-order valence-electron chi connectivity index (χ4n) is 5.68. The van der Waals surface area contributed by atoms with Crippen LogP contribution in [0.1, 0.15) is 35.3 Å². The van der Waals surface area contributed by atoms with Gasteiger partial charge in [0.1, 0.15) is 11.8 Å². The van der Waals surface area contributed by atoms with Gasteiger partial charge in [-0.1, -0.05) is 12.1 Å². The Morgan fingerprint density at radius 1 is 0.932 bits per heavy atom. The van der Waals surface area contributed by atoms with Gasteiger partial charge in [-0.2, -0.15) is 31.3 Å². The number of hydrogen-bond donors (Lipinski definition) is 1. The molecule has 0 bridgehead atoms. The summed E-state index contributed by atoms with van der Waals surface area (Å²) >= 11 is 0. The van der Waals surface area contributed by atoms with E-state index in [2.05, 4.69) is 30.4 Å². The average Bonchev–Trinajstić information content (AvgIpc) is 3.63. The minimum atomic E-state index is -4.57. The van der Waals surface area contributed by atoms with Crippen LogP contribution in [-0.4, -0.2) is 78.3 Å². The molecule has 6 rings (SSSR count). The van der Waals surface area contributed by atoms with Crippen molar-refractivity contribution < 1.29 is 26.3 Å². The number of rotatable bonds is 7. The molecule has 5 aromatic rings. The number of imidazole rings is 1. The molecule has 16 heteroatoms. The van der Waals surface area contributed by atoms with E-state index in [9.17, 15) is 26.3 Å². The molecule has 1 saturated heterocycles. The SMILES string of the molecule is CNCCn1cnc2c(N3CCN(C(c4ccc(C(F)(F)F)cc4)c4ccc(C(F)(F)F)cn4)CC3C)nc3nncn3c21. The van der Waals surface area contributed by atoms with Gasteiger partial charge in [0.15, 0.2) is 11.5 Å². The number of nitrogens with zero attached hydrogens (tertiary/aromatic N) is 9. The standard InChI is InChI=1S/C28H28F6N10/c1-17-14-41(11-12-43(17)24-22-25(42(15-37-22)10-9-35-2)44-16-38-40-26(44)39-24)23(18-3-5-19(6-4-18)27(29,30)31)21-8-7-20(13-36-21)28(32,33)34/h3-8,13,15-17,23,35H,9-12,14H2,1-2H3. The van der Waals surface area contributed by atoms with Crippen LogP contribution in [0.25, 0.3) is 16.9 Å². The zero-order valence-corrected chi connectivity index (χ0v) is 23.7. The molecule has 5 heterocycles.